The van der Waals surface area contributed by atoms with Gasteiger partial charge in [0.25, 0.3) is 0 Å². The van der Waals surface area contributed by atoms with Crippen molar-refractivity contribution in [1.82, 2.24) is 0 Å². The van der Waals surface area contributed by atoms with Crippen LogP contribution in [0.25, 0.3) is 0 Å². The van der Waals surface area contributed by atoms with E-state index in [2.05, 4.69) is 0 Å². The van der Waals surface area contributed by atoms with Gasteiger partial charge in [0.15, 0.2) is 0 Å². The molecule has 0 radical (unpaired) electrons. The number of hydrogen-bond acceptors (Lipinski definition) is 4. The van der Waals surface area contributed by atoms with Crippen LogP contribution >= 0.6 is 0 Å². The molecule has 4 nitrogen and oxygen atoms in total. The van der Waals surface area contributed by atoms with Crippen LogP contribution in [0.1, 0.15) is 47.1 Å². The van der Waals surface area contributed by atoms with Crippen molar-refractivity contribution in [3.05, 3.63) is 59.2 Å². The molecule has 0 saturated carbocycles. The molecule has 0 fully saturated rings. The summed E-state index contributed by atoms with van der Waals surface area (Å²) in [4.78, 5) is 24.8. The van der Waals surface area contributed by atoms with E-state index < -0.39 is 11.9 Å². The Kier molecular flexibility index (Phi) is 6.04. The Labute approximate surface area is 154 Å². The van der Waals surface area contributed by atoms with Crippen LogP contribution in [-0.4, -0.2) is 41.1 Å². The molecule has 0 saturated heterocycles. The third kappa shape index (κ3) is 4.50. The van der Waals surface area contributed by atoms with Gasteiger partial charge in [-0.1, -0.05) is 0 Å². The first-order valence-electron chi connectivity index (χ1n) is 7.86. The average molecular weight is 405 g/mol. The van der Waals surface area contributed by atoms with Crippen molar-refractivity contribution in [2.24, 2.45) is 0 Å². The van der Waals surface area contributed by atoms with Gasteiger partial charge >= 0.3 is 154 Å². The Morgan fingerprint density at radius 1 is 0.880 bits per heavy atom. The predicted molar refractivity (Wildman–Crippen MR) is 99.3 cm³/mol. The zero-order valence-electron chi connectivity index (χ0n) is 15.1. The minimum absolute atomic E-state index is 0.218. The van der Waals surface area contributed by atoms with Crippen LogP contribution in [0.15, 0.2) is 42.5 Å². The number of carbonyl (C=O) groups is 2. The van der Waals surface area contributed by atoms with E-state index in [9.17, 15) is 9.59 Å². The van der Waals surface area contributed by atoms with Crippen LogP contribution in [0.4, 0.5) is 0 Å². The summed E-state index contributed by atoms with van der Waals surface area (Å²) in [6.07, 6.45) is 0. The fourth-order valence-corrected chi connectivity index (χ4v) is 4.47. The zero-order chi connectivity index (χ0) is 18.6. The summed E-state index contributed by atoms with van der Waals surface area (Å²) < 4.78 is 11.7. The summed E-state index contributed by atoms with van der Waals surface area (Å²) >= 11 is -0.231. The predicted octanol–water partition coefficient (Wildman–Crippen LogP) is 2.21. The average Bonchev–Trinajstić information content (AvgIpc) is 2.60. The van der Waals surface area contributed by atoms with Crippen LogP contribution in [-0.2, 0) is 14.9 Å². The van der Waals surface area contributed by atoms with Crippen LogP contribution in [0.3, 0.4) is 0 Å². The van der Waals surface area contributed by atoms with Gasteiger partial charge in [0.1, 0.15) is 0 Å². The van der Waals surface area contributed by atoms with Gasteiger partial charge in [0.05, 0.1) is 0 Å². The van der Waals surface area contributed by atoms with Gasteiger partial charge in [-0.3, -0.25) is 0 Å². The van der Waals surface area contributed by atoms with Crippen molar-refractivity contribution < 1.29 is 19.1 Å². The number of ether oxygens (including phenoxy) is 2. The molecule has 2 aromatic rings. The van der Waals surface area contributed by atoms with Crippen LogP contribution in [0, 0.1) is 0 Å². The SMILES string of the molecule is COC(=O)c1cc(C(C)(C)C)cc(C(=O)OC)c1[Se]c1ccccc1. The van der Waals surface area contributed by atoms with E-state index >= 15 is 0 Å². The van der Waals surface area contributed by atoms with Crippen molar-refractivity contribution in [3.63, 3.8) is 0 Å². The first-order chi connectivity index (χ1) is 11.8. The molecule has 0 heterocycles. The second-order valence-corrected chi connectivity index (χ2v) is 8.82. The van der Waals surface area contributed by atoms with Gasteiger partial charge in [-0.25, -0.2) is 0 Å². The molecule has 0 aromatic heterocycles. The third-order valence-electron chi connectivity index (χ3n) is 3.73. The van der Waals surface area contributed by atoms with Gasteiger partial charge in [0.2, 0.25) is 0 Å². The van der Waals surface area contributed by atoms with Crippen LogP contribution < -0.4 is 8.92 Å². The summed E-state index contributed by atoms with van der Waals surface area (Å²) in [6, 6.07) is 13.5. The first-order valence-corrected chi connectivity index (χ1v) is 9.57. The first kappa shape index (κ1) is 19.2. The fourth-order valence-electron chi connectivity index (χ4n) is 2.30. The summed E-state index contributed by atoms with van der Waals surface area (Å²) in [5.41, 5.74) is 1.53. The normalized spacial score (nSPS) is 11.1. The van der Waals surface area contributed by atoms with Crippen molar-refractivity contribution in [2.45, 2.75) is 26.2 Å². The van der Waals surface area contributed by atoms with Crippen LogP contribution in [0.2, 0.25) is 0 Å². The zero-order valence-corrected chi connectivity index (χ0v) is 16.8. The Bertz CT molecular complexity index is 739. The Balaban J connectivity index is 2.71. The number of rotatable bonds is 4. The molecule has 0 spiro atoms. The minimum atomic E-state index is -0.441. The van der Waals surface area contributed by atoms with E-state index in [0.717, 1.165) is 10.0 Å². The third-order valence-corrected chi connectivity index (χ3v) is 6.15. The summed E-state index contributed by atoms with van der Waals surface area (Å²) in [5, 5.41) is 0. The van der Waals surface area contributed by atoms with E-state index in [1.165, 1.54) is 14.2 Å². The van der Waals surface area contributed by atoms with Gasteiger partial charge in [-0.15, -0.1) is 0 Å². The molecule has 0 aliphatic rings. The van der Waals surface area contributed by atoms with E-state index in [1.54, 1.807) is 0 Å². The summed E-state index contributed by atoms with van der Waals surface area (Å²) in [7, 11) is 2.70. The van der Waals surface area contributed by atoms with Crippen molar-refractivity contribution in [2.75, 3.05) is 14.2 Å². The molecule has 2 aromatic carbocycles. The van der Waals surface area contributed by atoms with E-state index in [-0.39, 0.29) is 20.4 Å². The topological polar surface area (TPSA) is 52.6 Å². The Morgan fingerprint density at radius 2 is 1.36 bits per heavy atom. The standard InChI is InChI=1S/C20H22O4Se/c1-20(2,3)13-11-15(18(21)23-4)17(16(12-13)19(22)24-5)25-14-9-7-6-8-10-14/h6-12H,1-5H3. The fraction of sp³-hybridized carbons (Fsp3) is 0.300. The van der Waals surface area contributed by atoms with Gasteiger partial charge in [-0.05, 0) is 0 Å². The second-order valence-electron chi connectivity index (χ2n) is 6.55. The molecule has 0 atom stereocenters. The van der Waals surface area contributed by atoms with E-state index in [1.807, 2.05) is 63.2 Å². The second kappa shape index (κ2) is 7.85. The summed E-state index contributed by atoms with van der Waals surface area (Å²) in [6.45, 7) is 6.10. The maximum atomic E-state index is 12.4. The van der Waals surface area contributed by atoms with E-state index in [0.29, 0.717) is 15.6 Å². The molecule has 0 amide bonds. The van der Waals surface area contributed by atoms with Crippen molar-refractivity contribution >= 4 is 35.8 Å². The molecule has 2 rings (SSSR count). The van der Waals surface area contributed by atoms with Gasteiger partial charge < -0.3 is 0 Å². The molecular weight excluding hydrogens is 383 g/mol. The van der Waals surface area contributed by atoms with Gasteiger partial charge in [0, 0.05) is 0 Å². The number of benzene rings is 2. The number of carbonyl (C=O) groups excluding carboxylic acids is 2. The van der Waals surface area contributed by atoms with Crippen molar-refractivity contribution in [1.29, 1.82) is 0 Å². The molecule has 0 aliphatic heterocycles. The molecule has 0 N–H and O–H groups in total. The molecule has 5 heteroatoms. The molecule has 0 aliphatic carbocycles. The monoisotopic (exact) mass is 406 g/mol. The summed E-state index contributed by atoms with van der Waals surface area (Å²) in [5.74, 6) is -0.881. The van der Waals surface area contributed by atoms with Gasteiger partial charge in [-0.2, -0.15) is 0 Å². The maximum absolute atomic E-state index is 12.4. The molecular formula is C20H22O4Se. The molecule has 0 unspecified atom stereocenters. The van der Waals surface area contributed by atoms with E-state index in [4.69, 9.17) is 9.47 Å². The Morgan fingerprint density at radius 3 is 1.76 bits per heavy atom. The molecule has 25 heavy (non-hydrogen) atoms. The molecule has 0 bridgehead atoms. The Hall–Kier alpha value is -2.10. The van der Waals surface area contributed by atoms with Crippen LogP contribution in [0.5, 0.6) is 0 Å². The molecule has 132 valence electrons. The number of methoxy groups -OCH3 is 2. The number of esters is 2. The number of hydrogen-bond donors (Lipinski definition) is 0. The quantitative estimate of drug-likeness (QED) is 0.578. The van der Waals surface area contributed by atoms with Crippen molar-refractivity contribution in [3.8, 4) is 0 Å².